The van der Waals surface area contributed by atoms with Crippen LogP contribution >= 0.6 is 0 Å². The second kappa shape index (κ2) is 6.39. The number of hydrogen-bond donors (Lipinski definition) is 1. The number of rotatable bonds is 3. The molecule has 1 heterocycles. The van der Waals surface area contributed by atoms with Gasteiger partial charge in [0.15, 0.2) is 0 Å². The third-order valence-corrected chi connectivity index (χ3v) is 4.34. The molecular weight excluding hydrogens is 212 g/mol. The molecule has 98 valence electrons. The predicted molar refractivity (Wildman–Crippen MR) is 69.9 cm³/mol. The van der Waals surface area contributed by atoms with Crippen LogP contribution in [0.1, 0.15) is 51.9 Å². The lowest BCUT2D eigenvalue weighted by Crippen LogP contribution is -2.46. The Bertz CT molecular complexity index is 249. The second-order valence-electron chi connectivity index (χ2n) is 5.69. The molecule has 1 saturated carbocycles. The maximum atomic E-state index is 12.0. The Kier molecular flexibility index (Phi) is 4.84. The van der Waals surface area contributed by atoms with Crippen LogP contribution in [0.2, 0.25) is 0 Å². The van der Waals surface area contributed by atoms with E-state index in [1.54, 1.807) is 0 Å². The van der Waals surface area contributed by atoms with E-state index in [0.717, 1.165) is 19.0 Å². The average molecular weight is 238 g/mol. The van der Waals surface area contributed by atoms with E-state index in [2.05, 4.69) is 12.2 Å². The van der Waals surface area contributed by atoms with Gasteiger partial charge in [0.1, 0.15) is 0 Å². The normalized spacial score (nSPS) is 30.3. The van der Waals surface area contributed by atoms with Gasteiger partial charge >= 0.3 is 0 Å². The van der Waals surface area contributed by atoms with Crippen LogP contribution in [0.5, 0.6) is 0 Å². The van der Waals surface area contributed by atoms with Crippen LogP contribution < -0.4 is 5.32 Å². The minimum absolute atomic E-state index is 0.308. The molecule has 0 bridgehead atoms. The number of nitrogens with zero attached hydrogens (tertiary/aromatic N) is 1. The Morgan fingerprint density at radius 1 is 1.12 bits per heavy atom. The lowest BCUT2D eigenvalue weighted by atomic mass is 9.86. The summed E-state index contributed by atoms with van der Waals surface area (Å²) in [6.07, 6.45) is 8.90. The van der Waals surface area contributed by atoms with Crippen molar-refractivity contribution in [3.8, 4) is 0 Å². The fourth-order valence-electron chi connectivity index (χ4n) is 3.09. The summed E-state index contributed by atoms with van der Waals surface area (Å²) in [4.78, 5) is 14.0. The Balaban J connectivity index is 1.71. The van der Waals surface area contributed by atoms with Crippen LogP contribution in [0.25, 0.3) is 0 Å². The van der Waals surface area contributed by atoms with E-state index in [1.807, 2.05) is 4.90 Å². The van der Waals surface area contributed by atoms with E-state index < -0.39 is 0 Å². The van der Waals surface area contributed by atoms with Crippen molar-refractivity contribution in [2.45, 2.75) is 57.9 Å². The summed E-state index contributed by atoms with van der Waals surface area (Å²) in [6, 6.07) is 0.567. The number of nitrogens with one attached hydrogen (secondary N) is 1. The van der Waals surface area contributed by atoms with E-state index in [-0.39, 0.29) is 0 Å². The van der Waals surface area contributed by atoms with Gasteiger partial charge in [-0.25, -0.2) is 0 Å². The van der Waals surface area contributed by atoms with Gasteiger partial charge in [-0.05, 0) is 38.0 Å². The van der Waals surface area contributed by atoms with E-state index in [1.165, 1.54) is 44.9 Å². The monoisotopic (exact) mass is 238 g/mol. The molecule has 2 unspecified atom stereocenters. The molecular formula is C14H26N2O. The number of amides is 1. The molecule has 0 aromatic heterocycles. The number of carbonyl (C=O) groups excluding carboxylic acids is 1. The first-order valence-corrected chi connectivity index (χ1v) is 7.28. The van der Waals surface area contributed by atoms with Gasteiger partial charge in [0.05, 0.1) is 6.54 Å². The summed E-state index contributed by atoms with van der Waals surface area (Å²) in [7, 11) is 0. The minimum atomic E-state index is 0.308. The van der Waals surface area contributed by atoms with Crippen molar-refractivity contribution in [3.05, 3.63) is 0 Å². The van der Waals surface area contributed by atoms with Gasteiger partial charge in [0.2, 0.25) is 5.91 Å². The van der Waals surface area contributed by atoms with Gasteiger partial charge in [-0.15, -0.1) is 0 Å². The zero-order valence-corrected chi connectivity index (χ0v) is 11.1. The highest BCUT2D eigenvalue weighted by Gasteiger charge is 2.23. The summed E-state index contributed by atoms with van der Waals surface area (Å²) in [5.74, 6) is 1.04. The zero-order valence-electron chi connectivity index (χ0n) is 11.1. The molecule has 3 heteroatoms. The summed E-state index contributed by atoms with van der Waals surface area (Å²) in [6.45, 7) is 4.80. The molecule has 1 amide bonds. The van der Waals surface area contributed by atoms with Gasteiger partial charge in [0, 0.05) is 19.1 Å². The largest absolute Gasteiger partial charge is 0.342 e. The molecule has 3 nitrogen and oxygen atoms in total. The van der Waals surface area contributed by atoms with Gasteiger partial charge in [0.25, 0.3) is 0 Å². The molecule has 2 aliphatic rings. The zero-order chi connectivity index (χ0) is 12.1. The van der Waals surface area contributed by atoms with Gasteiger partial charge in [-0.3, -0.25) is 4.79 Å². The van der Waals surface area contributed by atoms with Gasteiger partial charge in [-0.2, -0.15) is 0 Å². The van der Waals surface area contributed by atoms with E-state index in [0.29, 0.717) is 18.5 Å². The third-order valence-electron chi connectivity index (χ3n) is 4.34. The molecule has 0 radical (unpaired) electrons. The smallest absolute Gasteiger partial charge is 0.236 e. The first kappa shape index (κ1) is 12.9. The predicted octanol–water partition coefficient (Wildman–Crippen LogP) is 2.17. The lowest BCUT2D eigenvalue weighted by molar-refractivity contribution is -0.131. The molecule has 1 saturated heterocycles. The molecule has 1 N–H and O–H groups in total. The summed E-state index contributed by atoms with van der Waals surface area (Å²) in [5, 5.41) is 3.48. The number of piperidine rings is 1. The van der Waals surface area contributed by atoms with E-state index >= 15 is 0 Å². The number of carbonyl (C=O) groups is 1. The van der Waals surface area contributed by atoms with Gasteiger partial charge in [-0.1, -0.05) is 19.8 Å². The van der Waals surface area contributed by atoms with Crippen LogP contribution in [0.3, 0.4) is 0 Å². The average Bonchev–Trinajstić information content (AvgIpc) is 2.38. The topological polar surface area (TPSA) is 32.3 Å². The van der Waals surface area contributed by atoms with Crippen molar-refractivity contribution in [1.82, 2.24) is 10.2 Å². The van der Waals surface area contributed by atoms with Crippen LogP contribution in [0.15, 0.2) is 0 Å². The second-order valence-corrected chi connectivity index (χ2v) is 5.69. The highest BCUT2D eigenvalue weighted by molar-refractivity contribution is 5.78. The minimum Gasteiger partial charge on any atom is -0.342 e. The van der Waals surface area contributed by atoms with Crippen LogP contribution in [0.4, 0.5) is 0 Å². The van der Waals surface area contributed by atoms with Crippen molar-refractivity contribution >= 4 is 5.91 Å². The van der Waals surface area contributed by atoms with Crippen LogP contribution in [-0.4, -0.2) is 36.5 Å². The SMILES string of the molecule is CC1CCCCC1NCC(=O)N1CCCCC1. The van der Waals surface area contributed by atoms with Crippen molar-refractivity contribution < 1.29 is 4.79 Å². The highest BCUT2D eigenvalue weighted by atomic mass is 16.2. The van der Waals surface area contributed by atoms with Crippen LogP contribution in [-0.2, 0) is 4.79 Å². The Labute approximate surface area is 105 Å². The van der Waals surface area contributed by atoms with Crippen molar-refractivity contribution in [2.75, 3.05) is 19.6 Å². The van der Waals surface area contributed by atoms with E-state index in [9.17, 15) is 4.79 Å². The van der Waals surface area contributed by atoms with Crippen molar-refractivity contribution in [2.24, 2.45) is 5.92 Å². The third kappa shape index (κ3) is 3.70. The highest BCUT2D eigenvalue weighted by Crippen LogP contribution is 2.23. The molecule has 1 aliphatic carbocycles. The number of likely N-dealkylation sites (tertiary alicyclic amines) is 1. The Hall–Kier alpha value is -0.570. The van der Waals surface area contributed by atoms with Crippen molar-refractivity contribution in [3.63, 3.8) is 0 Å². The quantitative estimate of drug-likeness (QED) is 0.817. The molecule has 17 heavy (non-hydrogen) atoms. The standard InChI is InChI=1S/C14H26N2O/c1-12-7-3-4-8-13(12)15-11-14(17)16-9-5-2-6-10-16/h12-13,15H,2-11H2,1H3. The molecule has 0 spiro atoms. The fourth-order valence-corrected chi connectivity index (χ4v) is 3.09. The molecule has 0 aromatic carbocycles. The Morgan fingerprint density at radius 2 is 1.82 bits per heavy atom. The first-order chi connectivity index (χ1) is 8.27. The maximum Gasteiger partial charge on any atom is 0.236 e. The molecule has 1 aliphatic heterocycles. The lowest BCUT2D eigenvalue weighted by Gasteiger charge is -2.31. The Morgan fingerprint density at radius 3 is 2.53 bits per heavy atom. The fraction of sp³-hybridized carbons (Fsp3) is 0.929. The van der Waals surface area contributed by atoms with E-state index in [4.69, 9.17) is 0 Å². The van der Waals surface area contributed by atoms with Crippen LogP contribution in [0, 0.1) is 5.92 Å². The summed E-state index contributed by atoms with van der Waals surface area (Å²) < 4.78 is 0. The maximum absolute atomic E-state index is 12.0. The number of hydrogen-bond acceptors (Lipinski definition) is 2. The summed E-state index contributed by atoms with van der Waals surface area (Å²) >= 11 is 0. The molecule has 2 atom stereocenters. The summed E-state index contributed by atoms with van der Waals surface area (Å²) in [5.41, 5.74) is 0. The molecule has 0 aromatic rings. The van der Waals surface area contributed by atoms with Gasteiger partial charge < -0.3 is 10.2 Å². The van der Waals surface area contributed by atoms with Crippen molar-refractivity contribution in [1.29, 1.82) is 0 Å². The first-order valence-electron chi connectivity index (χ1n) is 7.28. The molecule has 2 rings (SSSR count). The molecule has 2 fully saturated rings.